The van der Waals surface area contributed by atoms with Crippen molar-refractivity contribution < 1.29 is 9.90 Å². The number of anilines is 2. The Morgan fingerprint density at radius 1 is 1.14 bits per heavy atom. The number of aromatic hydroxyl groups is 1. The van der Waals surface area contributed by atoms with Gasteiger partial charge in [-0.3, -0.25) is 4.79 Å². The number of amides is 1. The average Bonchev–Trinajstić information content (AvgIpc) is 2.50. The maximum Gasteiger partial charge on any atom is 0.262 e. The molecule has 0 spiro atoms. The van der Waals surface area contributed by atoms with E-state index in [1.54, 1.807) is 11.0 Å². The van der Waals surface area contributed by atoms with Gasteiger partial charge in [0.2, 0.25) is 0 Å². The molecule has 1 amide bonds. The number of rotatable bonds is 1. The fraction of sp³-hybridized carbons (Fsp3) is 0.188. The molecule has 108 valence electrons. The maximum absolute atomic E-state index is 12.7. The van der Waals surface area contributed by atoms with Crippen molar-refractivity contribution in [2.75, 3.05) is 29.9 Å². The quantitative estimate of drug-likeness (QED) is 0.880. The summed E-state index contributed by atoms with van der Waals surface area (Å²) >= 11 is 5.93. The molecule has 0 fully saturated rings. The van der Waals surface area contributed by atoms with Crippen molar-refractivity contribution in [3.05, 3.63) is 53.1 Å². The number of phenols is 1. The molecule has 2 aromatic rings. The van der Waals surface area contributed by atoms with Crippen molar-refractivity contribution in [3.63, 3.8) is 0 Å². The van der Waals surface area contributed by atoms with Gasteiger partial charge in [-0.1, -0.05) is 23.7 Å². The summed E-state index contributed by atoms with van der Waals surface area (Å²) in [5, 5.41) is 10.3. The van der Waals surface area contributed by atoms with Crippen molar-refractivity contribution in [1.82, 2.24) is 0 Å². The van der Waals surface area contributed by atoms with Crippen molar-refractivity contribution in [3.8, 4) is 5.75 Å². The van der Waals surface area contributed by atoms with E-state index < -0.39 is 0 Å². The van der Waals surface area contributed by atoms with Crippen molar-refractivity contribution >= 4 is 28.9 Å². The molecule has 0 saturated heterocycles. The van der Waals surface area contributed by atoms with Crippen LogP contribution in [0, 0.1) is 0 Å². The van der Waals surface area contributed by atoms with Crippen LogP contribution in [0.15, 0.2) is 42.5 Å². The highest BCUT2D eigenvalue weighted by Crippen LogP contribution is 2.34. The van der Waals surface area contributed by atoms with Crippen LogP contribution in [-0.2, 0) is 0 Å². The van der Waals surface area contributed by atoms with Crippen molar-refractivity contribution in [2.45, 2.75) is 0 Å². The molecular weight excluding hydrogens is 288 g/mol. The van der Waals surface area contributed by atoms with E-state index in [4.69, 9.17) is 11.6 Å². The van der Waals surface area contributed by atoms with Gasteiger partial charge in [-0.15, -0.1) is 0 Å². The smallest absolute Gasteiger partial charge is 0.262 e. The van der Waals surface area contributed by atoms with E-state index >= 15 is 0 Å². The number of benzene rings is 2. The Morgan fingerprint density at radius 2 is 1.86 bits per heavy atom. The van der Waals surface area contributed by atoms with Gasteiger partial charge in [0.1, 0.15) is 5.75 Å². The average molecular weight is 303 g/mol. The van der Waals surface area contributed by atoms with E-state index in [1.165, 1.54) is 12.1 Å². The number of fused-ring (bicyclic) bond motifs is 1. The highest BCUT2D eigenvalue weighted by molar-refractivity contribution is 6.31. The van der Waals surface area contributed by atoms with Gasteiger partial charge in [0, 0.05) is 25.2 Å². The topological polar surface area (TPSA) is 43.8 Å². The SMILES string of the molecule is CN1CCN(C(=O)c2cc(Cl)ccc2O)c2ccccc21. The van der Waals surface area contributed by atoms with Gasteiger partial charge in [-0.05, 0) is 30.3 Å². The molecule has 1 aliphatic rings. The Morgan fingerprint density at radius 3 is 2.62 bits per heavy atom. The lowest BCUT2D eigenvalue weighted by molar-refractivity contribution is 0.0984. The summed E-state index contributed by atoms with van der Waals surface area (Å²) in [5.74, 6) is -0.295. The Bertz CT molecular complexity index is 702. The van der Waals surface area contributed by atoms with Gasteiger partial charge < -0.3 is 14.9 Å². The molecule has 0 aromatic heterocycles. The lowest BCUT2D eigenvalue weighted by Gasteiger charge is -2.35. The Balaban J connectivity index is 2.03. The van der Waals surface area contributed by atoms with Crippen LogP contribution in [0.4, 0.5) is 11.4 Å². The molecule has 1 aliphatic heterocycles. The molecule has 0 aliphatic carbocycles. The first kappa shape index (κ1) is 13.8. The van der Waals surface area contributed by atoms with E-state index in [1.807, 2.05) is 31.3 Å². The zero-order valence-corrected chi connectivity index (χ0v) is 12.3. The van der Waals surface area contributed by atoms with Gasteiger partial charge in [0.15, 0.2) is 0 Å². The molecule has 3 rings (SSSR count). The highest BCUT2D eigenvalue weighted by atomic mass is 35.5. The Kier molecular flexibility index (Phi) is 3.47. The van der Waals surface area contributed by atoms with E-state index in [0.29, 0.717) is 11.6 Å². The standard InChI is InChI=1S/C16H15ClN2O2/c1-18-8-9-19(14-5-3-2-4-13(14)18)16(21)12-10-11(17)6-7-15(12)20/h2-7,10,20H,8-9H2,1H3. The second kappa shape index (κ2) is 5.30. The first-order valence-electron chi connectivity index (χ1n) is 6.68. The minimum absolute atomic E-state index is 0.0548. The largest absolute Gasteiger partial charge is 0.507 e. The first-order chi connectivity index (χ1) is 10.1. The number of halogens is 1. The van der Waals surface area contributed by atoms with E-state index in [0.717, 1.165) is 17.9 Å². The molecule has 2 aromatic carbocycles. The molecule has 0 atom stereocenters. The van der Waals surface area contributed by atoms with Crippen LogP contribution in [0.3, 0.4) is 0 Å². The number of carbonyl (C=O) groups is 1. The minimum atomic E-state index is -0.240. The molecule has 0 radical (unpaired) electrons. The van der Waals surface area contributed by atoms with Crippen molar-refractivity contribution in [1.29, 1.82) is 0 Å². The van der Waals surface area contributed by atoms with E-state index in [-0.39, 0.29) is 17.2 Å². The van der Waals surface area contributed by atoms with Crippen LogP contribution in [-0.4, -0.2) is 31.2 Å². The number of phenolic OH excluding ortho intramolecular Hbond substituents is 1. The maximum atomic E-state index is 12.7. The van der Waals surface area contributed by atoms with Gasteiger partial charge >= 0.3 is 0 Å². The predicted octanol–water partition coefficient (Wildman–Crippen LogP) is 3.14. The molecule has 1 heterocycles. The van der Waals surface area contributed by atoms with Crippen LogP contribution in [0.5, 0.6) is 5.75 Å². The third-order valence-corrected chi connectivity index (χ3v) is 3.91. The fourth-order valence-corrected chi connectivity index (χ4v) is 2.71. The third-order valence-electron chi connectivity index (χ3n) is 3.68. The third kappa shape index (κ3) is 2.43. The van der Waals surface area contributed by atoms with Gasteiger partial charge in [-0.2, -0.15) is 0 Å². The molecule has 5 heteroatoms. The number of likely N-dealkylation sites (N-methyl/N-ethyl adjacent to an activating group) is 1. The normalized spacial score (nSPS) is 14.0. The summed E-state index contributed by atoms with van der Waals surface area (Å²) < 4.78 is 0. The summed E-state index contributed by atoms with van der Waals surface area (Å²) in [4.78, 5) is 16.5. The van der Waals surface area contributed by atoms with Crippen molar-refractivity contribution in [2.24, 2.45) is 0 Å². The monoisotopic (exact) mass is 302 g/mol. The van der Waals surface area contributed by atoms with Crippen LogP contribution in [0.2, 0.25) is 5.02 Å². The van der Waals surface area contributed by atoms with Gasteiger partial charge in [-0.25, -0.2) is 0 Å². The number of nitrogens with zero attached hydrogens (tertiary/aromatic N) is 2. The van der Waals surface area contributed by atoms with Crippen LogP contribution in [0.25, 0.3) is 0 Å². The first-order valence-corrected chi connectivity index (χ1v) is 7.06. The highest BCUT2D eigenvalue weighted by Gasteiger charge is 2.27. The second-order valence-electron chi connectivity index (χ2n) is 5.03. The molecule has 0 unspecified atom stereocenters. The summed E-state index contributed by atoms with van der Waals surface area (Å²) in [6, 6.07) is 12.2. The van der Waals surface area contributed by atoms with Crippen LogP contribution < -0.4 is 9.80 Å². The van der Waals surface area contributed by atoms with Crippen LogP contribution >= 0.6 is 11.6 Å². The number of hydrogen-bond donors (Lipinski definition) is 1. The number of hydrogen-bond acceptors (Lipinski definition) is 3. The summed E-state index contributed by atoms with van der Waals surface area (Å²) in [6.07, 6.45) is 0. The molecule has 21 heavy (non-hydrogen) atoms. The summed E-state index contributed by atoms with van der Waals surface area (Å²) in [5.41, 5.74) is 2.07. The molecule has 1 N–H and O–H groups in total. The summed E-state index contributed by atoms with van der Waals surface area (Å²) in [7, 11) is 2.00. The zero-order valence-electron chi connectivity index (χ0n) is 11.6. The Hall–Kier alpha value is -2.20. The van der Waals surface area contributed by atoms with Crippen LogP contribution in [0.1, 0.15) is 10.4 Å². The second-order valence-corrected chi connectivity index (χ2v) is 5.46. The lowest BCUT2D eigenvalue weighted by Crippen LogP contribution is -2.42. The van der Waals surface area contributed by atoms with Gasteiger partial charge in [0.25, 0.3) is 5.91 Å². The molecule has 0 bridgehead atoms. The molecule has 0 saturated carbocycles. The van der Waals surface area contributed by atoms with Gasteiger partial charge in [0.05, 0.1) is 16.9 Å². The molecular formula is C16H15ClN2O2. The zero-order chi connectivity index (χ0) is 15.0. The number of carbonyl (C=O) groups excluding carboxylic acids is 1. The minimum Gasteiger partial charge on any atom is -0.507 e. The number of para-hydroxylation sites is 2. The molecule has 4 nitrogen and oxygen atoms in total. The lowest BCUT2D eigenvalue weighted by atomic mass is 10.1. The van der Waals surface area contributed by atoms with E-state index in [9.17, 15) is 9.90 Å². The Labute approximate surface area is 128 Å². The van der Waals surface area contributed by atoms with E-state index in [2.05, 4.69) is 4.90 Å². The summed E-state index contributed by atoms with van der Waals surface area (Å²) in [6.45, 7) is 1.31. The fourth-order valence-electron chi connectivity index (χ4n) is 2.54. The predicted molar refractivity (Wildman–Crippen MR) is 84.5 cm³/mol.